The first kappa shape index (κ1) is 16.0. The van der Waals surface area contributed by atoms with E-state index in [-0.39, 0.29) is 11.9 Å². The van der Waals surface area contributed by atoms with Gasteiger partial charge in [0.2, 0.25) is 5.91 Å². The van der Waals surface area contributed by atoms with E-state index in [1.54, 1.807) is 0 Å². The van der Waals surface area contributed by atoms with Crippen LogP contribution in [0, 0.1) is 25.2 Å². The number of rotatable bonds is 4. The Morgan fingerprint density at radius 2 is 2.08 bits per heavy atom. The highest BCUT2D eigenvalue weighted by Crippen LogP contribution is 2.21. The molecule has 2 heterocycles. The zero-order valence-corrected chi connectivity index (χ0v) is 13.9. The standard InChI is InChI=1S/C19H20N4O/c1-13-8-18(21-14(2)17(13)10-20)22-16-9-19(24)23(12-16)11-15-6-4-3-5-7-15/h3-8,16H,9,11-12H2,1-2H3,(H,21,22). The van der Waals surface area contributed by atoms with Crippen molar-refractivity contribution in [2.24, 2.45) is 0 Å². The number of hydrogen-bond acceptors (Lipinski definition) is 4. The second kappa shape index (κ2) is 6.71. The molecule has 1 aromatic carbocycles. The first-order valence-electron chi connectivity index (χ1n) is 8.03. The maximum atomic E-state index is 12.2. The summed E-state index contributed by atoms with van der Waals surface area (Å²) >= 11 is 0. The first-order chi connectivity index (χ1) is 11.6. The van der Waals surface area contributed by atoms with Gasteiger partial charge in [-0.15, -0.1) is 0 Å². The largest absolute Gasteiger partial charge is 0.365 e. The van der Waals surface area contributed by atoms with Gasteiger partial charge in [0.25, 0.3) is 0 Å². The summed E-state index contributed by atoms with van der Waals surface area (Å²) in [5.74, 6) is 0.877. The molecule has 0 radical (unpaired) electrons. The molecule has 1 aliphatic heterocycles. The summed E-state index contributed by atoms with van der Waals surface area (Å²) in [5.41, 5.74) is 3.37. The third kappa shape index (κ3) is 3.38. The Balaban J connectivity index is 1.67. The molecule has 2 aromatic rings. The molecule has 24 heavy (non-hydrogen) atoms. The molecule has 1 amide bonds. The van der Waals surface area contributed by atoms with E-state index in [9.17, 15) is 4.79 Å². The summed E-state index contributed by atoms with van der Waals surface area (Å²) in [6, 6.07) is 14.1. The van der Waals surface area contributed by atoms with Crippen molar-refractivity contribution in [3.63, 3.8) is 0 Å². The topological polar surface area (TPSA) is 69.0 Å². The minimum atomic E-state index is 0.0421. The smallest absolute Gasteiger partial charge is 0.225 e. The van der Waals surface area contributed by atoms with Crippen molar-refractivity contribution in [2.75, 3.05) is 11.9 Å². The van der Waals surface area contributed by atoms with Crippen LogP contribution in [0.5, 0.6) is 0 Å². The van der Waals surface area contributed by atoms with Gasteiger partial charge in [-0.1, -0.05) is 30.3 Å². The summed E-state index contributed by atoms with van der Waals surface area (Å²) in [6.07, 6.45) is 0.465. The molecule has 1 unspecified atom stereocenters. The van der Waals surface area contributed by atoms with E-state index >= 15 is 0 Å². The van der Waals surface area contributed by atoms with E-state index in [1.807, 2.05) is 55.1 Å². The number of aromatic nitrogens is 1. The van der Waals surface area contributed by atoms with Crippen molar-refractivity contribution in [3.8, 4) is 6.07 Å². The van der Waals surface area contributed by atoms with Crippen molar-refractivity contribution >= 4 is 11.7 Å². The number of nitriles is 1. The molecule has 0 aliphatic carbocycles. The van der Waals surface area contributed by atoms with Gasteiger partial charge in [0.15, 0.2) is 0 Å². The number of nitrogens with zero attached hydrogens (tertiary/aromatic N) is 3. The van der Waals surface area contributed by atoms with E-state index in [4.69, 9.17) is 5.26 Å². The van der Waals surface area contributed by atoms with Crippen LogP contribution in [0.2, 0.25) is 0 Å². The predicted octanol–water partition coefficient (Wildman–Crippen LogP) is 2.78. The van der Waals surface area contributed by atoms with Gasteiger partial charge in [0, 0.05) is 19.5 Å². The Bertz CT molecular complexity index is 772. The molecule has 1 aliphatic rings. The van der Waals surface area contributed by atoms with Crippen LogP contribution in [-0.4, -0.2) is 28.4 Å². The zero-order chi connectivity index (χ0) is 17.1. The van der Waals surface area contributed by atoms with Gasteiger partial charge in [-0.05, 0) is 31.0 Å². The van der Waals surface area contributed by atoms with Crippen molar-refractivity contribution in [3.05, 3.63) is 58.8 Å². The number of carbonyl (C=O) groups excluding carboxylic acids is 1. The summed E-state index contributed by atoms with van der Waals surface area (Å²) in [5, 5.41) is 12.5. The van der Waals surface area contributed by atoms with Gasteiger partial charge in [-0.2, -0.15) is 5.26 Å². The van der Waals surface area contributed by atoms with Crippen LogP contribution in [0.25, 0.3) is 0 Å². The second-order valence-corrected chi connectivity index (χ2v) is 6.20. The van der Waals surface area contributed by atoms with Crippen molar-refractivity contribution in [1.82, 2.24) is 9.88 Å². The molecule has 1 saturated heterocycles. The SMILES string of the molecule is Cc1cc(NC2CC(=O)N(Cc3ccccc3)C2)nc(C)c1C#N. The Morgan fingerprint density at radius 3 is 2.75 bits per heavy atom. The maximum Gasteiger partial charge on any atom is 0.225 e. The Morgan fingerprint density at radius 1 is 1.33 bits per heavy atom. The Kier molecular flexibility index (Phi) is 4.48. The van der Waals surface area contributed by atoms with Gasteiger partial charge < -0.3 is 10.2 Å². The second-order valence-electron chi connectivity index (χ2n) is 6.20. The molecule has 5 nitrogen and oxygen atoms in total. The fourth-order valence-corrected chi connectivity index (χ4v) is 3.11. The molecule has 5 heteroatoms. The average molecular weight is 320 g/mol. The molecule has 3 rings (SSSR count). The first-order valence-corrected chi connectivity index (χ1v) is 8.03. The minimum absolute atomic E-state index is 0.0421. The Hall–Kier alpha value is -2.87. The molecule has 1 atom stereocenters. The number of anilines is 1. The molecule has 1 aromatic heterocycles. The van der Waals surface area contributed by atoms with Crippen LogP contribution in [0.4, 0.5) is 5.82 Å². The van der Waals surface area contributed by atoms with Crippen LogP contribution in [0.15, 0.2) is 36.4 Å². The molecule has 122 valence electrons. The fraction of sp³-hybridized carbons (Fsp3) is 0.316. The van der Waals surface area contributed by atoms with E-state index in [0.29, 0.717) is 30.8 Å². The van der Waals surface area contributed by atoms with Crippen LogP contribution >= 0.6 is 0 Å². The number of carbonyl (C=O) groups is 1. The van der Waals surface area contributed by atoms with Crippen molar-refractivity contribution in [1.29, 1.82) is 5.26 Å². The van der Waals surface area contributed by atoms with Crippen LogP contribution in [0.3, 0.4) is 0 Å². The van der Waals surface area contributed by atoms with Gasteiger partial charge >= 0.3 is 0 Å². The molecule has 0 bridgehead atoms. The monoisotopic (exact) mass is 320 g/mol. The quantitative estimate of drug-likeness (QED) is 0.940. The van der Waals surface area contributed by atoms with E-state index in [2.05, 4.69) is 16.4 Å². The van der Waals surface area contributed by atoms with Crippen molar-refractivity contribution < 1.29 is 4.79 Å². The lowest BCUT2D eigenvalue weighted by Gasteiger charge is -2.18. The highest BCUT2D eigenvalue weighted by Gasteiger charge is 2.29. The molecule has 0 spiro atoms. The lowest BCUT2D eigenvalue weighted by atomic mass is 10.1. The van der Waals surface area contributed by atoms with Crippen LogP contribution in [0.1, 0.15) is 28.8 Å². The van der Waals surface area contributed by atoms with Crippen LogP contribution in [-0.2, 0) is 11.3 Å². The van der Waals surface area contributed by atoms with Gasteiger partial charge in [0.1, 0.15) is 11.9 Å². The third-order valence-electron chi connectivity index (χ3n) is 4.29. The van der Waals surface area contributed by atoms with E-state index in [0.717, 1.165) is 16.9 Å². The molecule has 1 N–H and O–H groups in total. The summed E-state index contributed by atoms with van der Waals surface area (Å²) in [6.45, 7) is 5.03. The zero-order valence-electron chi connectivity index (χ0n) is 13.9. The minimum Gasteiger partial charge on any atom is -0.365 e. The molecule has 1 fully saturated rings. The highest BCUT2D eigenvalue weighted by molar-refractivity contribution is 5.80. The number of benzene rings is 1. The number of pyridine rings is 1. The number of likely N-dealkylation sites (tertiary alicyclic amines) is 1. The summed E-state index contributed by atoms with van der Waals surface area (Å²) in [7, 11) is 0. The Labute approximate surface area is 141 Å². The lowest BCUT2D eigenvalue weighted by molar-refractivity contribution is -0.128. The summed E-state index contributed by atoms with van der Waals surface area (Å²) < 4.78 is 0. The predicted molar refractivity (Wildman–Crippen MR) is 92.3 cm³/mol. The normalized spacial score (nSPS) is 17.0. The lowest BCUT2D eigenvalue weighted by Crippen LogP contribution is -2.27. The number of aryl methyl sites for hydroxylation is 2. The van der Waals surface area contributed by atoms with Gasteiger partial charge in [0.05, 0.1) is 17.3 Å². The number of hydrogen-bond donors (Lipinski definition) is 1. The molecule has 0 saturated carbocycles. The molecular formula is C19H20N4O. The van der Waals surface area contributed by atoms with Gasteiger partial charge in [-0.3, -0.25) is 4.79 Å². The van der Waals surface area contributed by atoms with E-state index < -0.39 is 0 Å². The molecular weight excluding hydrogens is 300 g/mol. The average Bonchev–Trinajstić information content (AvgIpc) is 2.87. The fourth-order valence-electron chi connectivity index (χ4n) is 3.11. The highest BCUT2D eigenvalue weighted by atomic mass is 16.2. The van der Waals surface area contributed by atoms with Gasteiger partial charge in [-0.25, -0.2) is 4.98 Å². The maximum absolute atomic E-state index is 12.2. The number of amides is 1. The van der Waals surface area contributed by atoms with Crippen molar-refractivity contribution in [2.45, 2.75) is 32.9 Å². The third-order valence-corrected chi connectivity index (χ3v) is 4.29. The summed E-state index contributed by atoms with van der Waals surface area (Å²) in [4.78, 5) is 18.5. The number of nitrogens with one attached hydrogen (secondary N) is 1. The van der Waals surface area contributed by atoms with Crippen LogP contribution < -0.4 is 5.32 Å². The van der Waals surface area contributed by atoms with E-state index in [1.165, 1.54) is 0 Å².